The van der Waals surface area contributed by atoms with Crippen LogP contribution in [0.4, 0.5) is 0 Å². The van der Waals surface area contributed by atoms with E-state index in [0.29, 0.717) is 0 Å². The summed E-state index contributed by atoms with van der Waals surface area (Å²) in [5, 5.41) is 216. The van der Waals surface area contributed by atoms with Gasteiger partial charge in [-0.15, -0.1) is 0 Å². The molecule has 0 unspecified atom stereocenters. The fourth-order valence-electron chi connectivity index (χ4n) is 10.0. The van der Waals surface area contributed by atoms with Crippen LogP contribution < -0.4 is 0 Å². The first-order chi connectivity index (χ1) is 36.6. The molecule has 7 fully saturated rings. The Morgan fingerprint density at radius 1 is 0.286 bits per heavy atom. The van der Waals surface area contributed by atoms with Crippen molar-refractivity contribution >= 4 is 0 Å². The second-order valence-electron chi connectivity index (χ2n) is 19.7. The van der Waals surface area contributed by atoms with E-state index >= 15 is 0 Å². The first kappa shape index (κ1) is 63.2. The summed E-state index contributed by atoms with van der Waals surface area (Å²) in [6.45, 7) is -4.41. The maximum Gasteiger partial charge on any atom is 0.187 e. The van der Waals surface area contributed by atoms with Gasteiger partial charge in [0.1, 0.15) is 153 Å². The molecule has 7 aliphatic heterocycles. The van der Waals surface area contributed by atoms with Crippen LogP contribution in [-0.2, 0) is 66.3 Å². The molecule has 34 heteroatoms. The molecule has 0 aliphatic carbocycles. The molecule has 0 bridgehead atoms. The molecule has 20 N–H and O–H groups in total. The van der Waals surface area contributed by atoms with Gasteiger partial charge in [0.2, 0.25) is 0 Å². The van der Waals surface area contributed by atoms with Crippen molar-refractivity contribution < 1.29 is 168 Å². The lowest BCUT2D eigenvalue weighted by atomic mass is 9.95. The molecule has 7 heterocycles. The van der Waals surface area contributed by atoms with Crippen molar-refractivity contribution in [3.63, 3.8) is 0 Å². The summed E-state index contributed by atoms with van der Waals surface area (Å²) in [5.41, 5.74) is 0. The third-order valence-electron chi connectivity index (χ3n) is 14.6. The van der Waals surface area contributed by atoms with Gasteiger partial charge in [0.15, 0.2) is 44.0 Å². The normalized spacial score (nSPS) is 53.1. The second kappa shape index (κ2) is 27.4. The Morgan fingerprint density at radius 2 is 0.610 bits per heavy atom. The lowest BCUT2D eigenvalue weighted by molar-refractivity contribution is -0.412. The van der Waals surface area contributed by atoms with Crippen LogP contribution in [0.1, 0.15) is 13.3 Å². The molecule has 450 valence electrons. The molecule has 34 atom stereocenters. The molecule has 77 heavy (non-hydrogen) atoms. The highest BCUT2D eigenvalue weighted by atomic mass is 16.8. The van der Waals surface area contributed by atoms with Crippen LogP contribution in [0.3, 0.4) is 0 Å². The Kier molecular flexibility index (Phi) is 22.5. The van der Waals surface area contributed by atoms with Crippen molar-refractivity contribution in [3.05, 3.63) is 0 Å². The van der Waals surface area contributed by atoms with Crippen molar-refractivity contribution in [2.45, 2.75) is 222 Å². The van der Waals surface area contributed by atoms with Crippen molar-refractivity contribution in [2.24, 2.45) is 0 Å². The van der Waals surface area contributed by atoms with Crippen LogP contribution in [0.15, 0.2) is 0 Å². The van der Waals surface area contributed by atoms with Gasteiger partial charge in [0, 0.05) is 13.5 Å². The van der Waals surface area contributed by atoms with Crippen molar-refractivity contribution in [2.75, 3.05) is 46.8 Å². The summed E-state index contributed by atoms with van der Waals surface area (Å²) < 4.78 is 79.9. The number of methoxy groups -OCH3 is 1. The molecule has 7 saturated heterocycles. The van der Waals surface area contributed by atoms with Crippen LogP contribution in [-0.4, -0.2) is 358 Å². The summed E-state index contributed by atoms with van der Waals surface area (Å²) in [6, 6.07) is 0. The average molecular weight is 1140 g/mol. The van der Waals surface area contributed by atoms with Crippen LogP contribution in [0.25, 0.3) is 0 Å². The Morgan fingerprint density at radius 3 is 1.05 bits per heavy atom. The molecular weight excluding hydrogens is 1060 g/mol. The second-order valence-corrected chi connectivity index (χ2v) is 19.7. The van der Waals surface area contributed by atoms with Crippen LogP contribution >= 0.6 is 0 Å². The van der Waals surface area contributed by atoms with Gasteiger partial charge >= 0.3 is 0 Å². The minimum absolute atomic E-state index is 0.330. The first-order valence-corrected chi connectivity index (χ1v) is 24.8. The minimum Gasteiger partial charge on any atom is -0.394 e. The van der Waals surface area contributed by atoms with Gasteiger partial charge in [0.25, 0.3) is 0 Å². The zero-order valence-corrected chi connectivity index (χ0v) is 41.2. The zero-order chi connectivity index (χ0) is 56.5. The Balaban J connectivity index is 1.13. The first-order valence-electron chi connectivity index (χ1n) is 24.8. The maximum atomic E-state index is 11.8. The van der Waals surface area contributed by atoms with E-state index in [1.165, 1.54) is 6.92 Å². The van der Waals surface area contributed by atoms with E-state index < -0.39 is 248 Å². The van der Waals surface area contributed by atoms with E-state index in [1.807, 2.05) is 0 Å². The fraction of sp³-hybridized carbons (Fsp3) is 1.00. The quantitative estimate of drug-likeness (QED) is 0.0571. The van der Waals surface area contributed by atoms with E-state index in [9.17, 15) is 102 Å². The number of rotatable bonds is 19. The Bertz CT molecular complexity index is 1780. The summed E-state index contributed by atoms with van der Waals surface area (Å²) in [7, 11) is 1.14. The molecule has 0 aromatic rings. The predicted molar refractivity (Wildman–Crippen MR) is 234 cm³/mol. The fourth-order valence-corrected chi connectivity index (χ4v) is 10.0. The van der Waals surface area contributed by atoms with Crippen LogP contribution in [0.5, 0.6) is 0 Å². The third kappa shape index (κ3) is 13.2. The van der Waals surface area contributed by atoms with E-state index in [0.717, 1.165) is 7.11 Å². The van der Waals surface area contributed by atoms with Crippen molar-refractivity contribution in [3.8, 4) is 0 Å². The van der Waals surface area contributed by atoms with Gasteiger partial charge in [-0.3, -0.25) is 0 Å². The van der Waals surface area contributed by atoms with Gasteiger partial charge in [-0.2, -0.15) is 0 Å². The summed E-state index contributed by atoms with van der Waals surface area (Å²) in [4.78, 5) is 0. The van der Waals surface area contributed by atoms with Crippen molar-refractivity contribution in [1.82, 2.24) is 0 Å². The van der Waals surface area contributed by atoms with Gasteiger partial charge < -0.3 is 168 Å². The summed E-state index contributed by atoms with van der Waals surface area (Å²) in [6.07, 6.45) is -63.4. The highest BCUT2D eigenvalue weighted by Crippen LogP contribution is 2.39. The molecule has 0 aromatic heterocycles. The molecule has 7 aliphatic rings. The van der Waals surface area contributed by atoms with E-state index in [1.54, 1.807) is 0 Å². The Hall–Kier alpha value is -1.36. The smallest absolute Gasteiger partial charge is 0.187 e. The van der Waals surface area contributed by atoms with Gasteiger partial charge in [0.05, 0.1) is 51.8 Å². The maximum absolute atomic E-state index is 11.8. The van der Waals surface area contributed by atoms with Crippen LogP contribution in [0.2, 0.25) is 0 Å². The van der Waals surface area contributed by atoms with Crippen molar-refractivity contribution in [1.29, 1.82) is 0 Å². The number of hydrogen-bond acceptors (Lipinski definition) is 34. The van der Waals surface area contributed by atoms with E-state index in [-0.39, 0.29) is 6.42 Å². The van der Waals surface area contributed by atoms with Gasteiger partial charge in [-0.25, -0.2) is 0 Å². The minimum atomic E-state index is -2.32. The van der Waals surface area contributed by atoms with Crippen LogP contribution in [0, 0.1) is 0 Å². The lowest BCUT2D eigenvalue weighted by Crippen LogP contribution is -2.69. The molecule has 0 spiro atoms. The van der Waals surface area contributed by atoms with E-state index in [4.69, 9.17) is 66.3 Å². The topological polar surface area (TPSA) is 534 Å². The molecule has 34 nitrogen and oxygen atoms in total. The average Bonchev–Trinajstić information content (AvgIpc) is 3.42. The molecule has 7 rings (SSSR count). The number of ether oxygens (including phenoxy) is 14. The summed E-state index contributed by atoms with van der Waals surface area (Å²) >= 11 is 0. The standard InChI is InChI=1S/C43H74O34/c1-10-11(50)3-12(51)37(65-10)76-35-21(54)15(6-46)68-43(75-34-20(53)14(5-45)67-42(30(34)63)74-31-16(7-47)69-38(64-2)27(60)23(31)56)36(35)77-41-29(62)25(58)33(18(9-49)71-41)73-40-28(61)24(57)32(17(8-48)70-40)72-39-26(59)22(55)19(52)13(4-44)66-39/h10-63H,3-9H2,1-2H3/t10-,11-,12-,13-,14-,15-,16-,17-,18-,19-,20-,21-,22+,23-,24-,25-,26-,27-,28-,29-,30-,31-,32-,33+,34+,35+,36+,37-,38-,39-,40+,41-,42-,43-/m1/s1. The number of aliphatic hydroxyl groups is 20. The summed E-state index contributed by atoms with van der Waals surface area (Å²) in [5.74, 6) is 0. The largest absolute Gasteiger partial charge is 0.394 e. The van der Waals surface area contributed by atoms with Gasteiger partial charge in [-0.05, 0) is 6.92 Å². The Labute approximate surface area is 437 Å². The molecular formula is C43H74O34. The van der Waals surface area contributed by atoms with Gasteiger partial charge in [-0.1, -0.05) is 0 Å². The number of aliphatic hydroxyl groups excluding tert-OH is 20. The predicted octanol–water partition coefficient (Wildman–Crippen LogP) is -13.6. The highest BCUT2D eigenvalue weighted by Gasteiger charge is 2.59. The highest BCUT2D eigenvalue weighted by molar-refractivity contribution is 5.01. The zero-order valence-electron chi connectivity index (χ0n) is 41.2. The molecule has 0 amide bonds. The lowest BCUT2D eigenvalue weighted by Gasteiger charge is -2.51. The SMILES string of the molecule is CO[C@@H]1O[C@H](CO)[C@@H](O[C@H]2O[C@H](CO)[C@@H](O)[C@H](O[C@H]3O[C@H](CO)[C@@H](O)[C@H](O[C@H]4O[C@H](C)[C@H](O)C[C@H]4O)[C@@H]3O[C@H]3O[C@H](CO)[C@H](O[C@@H]4O[C@H](CO)[C@@H](O[C@H]5O[C@H](CO)[C@@H](O)[C@H](O)[C@H]5O)[C@H](O)[C@H]4O)[C@H](O)[C@H]3O)[C@H]2O)[C@H](O)[C@H]1O. The number of hydrogen-bond donors (Lipinski definition) is 20. The molecule has 0 radical (unpaired) electrons. The van der Waals surface area contributed by atoms with E-state index in [2.05, 4.69) is 0 Å². The third-order valence-corrected chi connectivity index (χ3v) is 14.6. The molecule has 0 saturated carbocycles. The molecule has 0 aromatic carbocycles. The monoisotopic (exact) mass is 1130 g/mol.